The van der Waals surface area contributed by atoms with Gasteiger partial charge in [0.2, 0.25) is 0 Å². The average Bonchev–Trinajstić information content (AvgIpc) is 1.41. The SMILES string of the molecule is [Ca+2].[O-]OOO[O-]. The second-order valence-corrected chi connectivity index (χ2v) is 0.204. The van der Waals surface area contributed by atoms with Crippen LogP contribution in [0.25, 0.3) is 0 Å². The van der Waals surface area contributed by atoms with Gasteiger partial charge in [-0.05, 0) is 0 Å². The second-order valence-electron chi connectivity index (χ2n) is 0.204. The molecule has 0 amide bonds. The van der Waals surface area contributed by atoms with Crippen molar-refractivity contribution < 1.29 is 25.6 Å². The topological polar surface area (TPSA) is 73.8 Å². The molecule has 0 aliphatic carbocycles. The van der Waals surface area contributed by atoms with Crippen molar-refractivity contribution in [3.63, 3.8) is 0 Å². The predicted octanol–water partition coefficient (Wildman–Crippen LogP) is -2.96. The summed E-state index contributed by atoms with van der Waals surface area (Å²) in [5.41, 5.74) is 0. The molecule has 0 fully saturated rings. The monoisotopic (exact) mass is 120 g/mol. The first-order chi connectivity index (χ1) is 2.41. The van der Waals surface area contributed by atoms with E-state index in [0.717, 1.165) is 0 Å². The molecular weight excluding hydrogens is 120 g/mol. The van der Waals surface area contributed by atoms with E-state index in [-0.39, 0.29) is 37.7 Å². The standard InChI is InChI=1S/Ca.H2O5/c;1-3-5-4-2/h;1-2H/q+2;/p-2. The van der Waals surface area contributed by atoms with Crippen molar-refractivity contribution in [1.82, 2.24) is 0 Å². The number of hydrogen-bond acceptors (Lipinski definition) is 5. The number of rotatable bonds is 2. The van der Waals surface area contributed by atoms with Crippen LogP contribution in [-0.2, 0) is 15.1 Å². The van der Waals surface area contributed by atoms with E-state index >= 15 is 0 Å². The van der Waals surface area contributed by atoms with Crippen LogP contribution < -0.4 is 10.5 Å². The normalized spacial score (nSPS) is 7.00. The van der Waals surface area contributed by atoms with Gasteiger partial charge in [-0.15, -0.1) is 0 Å². The maximum absolute atomic E-state index is 8.48. The Hall–Kier alpha value is 1.06. The molecule has 0 spiro atoms. The third-order valence-corrected chi connectivity index (χ3v) is 0.0556. The number of hydrogen-bond donors (Lipinski definition) is 0. The average molecular weight is 120 g/mol. The molecule has 0 aliphatic rings. The van der Waals surface area contributed by atoms with Gasteiger partial charge in [-0.2, -0.15) is 0 Å². The van der Waals surface area contributed by atoms with Gasteiger partial charge < -0.3 is 10.5 Å². The van der Waals surface area contributed by atoms with Crippen LogP contribution in [0.4, 0.5) is 0 Å². The van der Waals surface area contributed by atoms with Gasteiger partial charge in [0.05, 0.1) is 0 Å². The zero-order valence-corrected chi connectivity index (χ0v) is 4.96. The molecule has 0 saturated carbocycles. The van der Waals surface area contributed by atoms with Crippen LogP contribution in [0.1, 0.15) is 0 Å². The van der Waals surface area contributed by atoms with E-state index in [2.05, 4.69) is 15.1 Å². The van der Waals surface area contributed by atoms with Crippen molar-refractivity contribution in [3.05, 3.63) is 0 Å². The van der Waals surface area contributed by atoms with Gasteiger partial charge in [-0.1, -0.05) is 5.04 Å². The van der Waals surface area contributed by atoms with Crippen LogP contribution in [0.2, 0.25) is 0 Å². The van der Waals surface area contributed by atoms with Gasteiger partial charge in [0.25, 0.3) is 0 Å². The first kappa shape index (κ1) is 10.1. The fourth-order valence-electron chi connectivity index (χ4n) is 0.0113. The third kappa shape index (κ3) is 8.91. The molecule has 5 nitrogen and oxygen atoms in total. The summed E-state index contributed by atoms with van der Waals surface area (Å²) >= 11 is 0. The van der Waals surface area contributed by atoms with E-state index in [4.69, 9.17) is 10.5 Å². The quantitative estimate of drug-likeness (QED) is 0.221. The second kappa shape index (κ2) is 9.41. The van der Waals surface area contributed by atoms with E-state index in [1.54, 1.807) is 0 Å². The summed E-state index contributed by atoms with van der Waals surface area (Å²) in [6.07, 6.45) is 0. The Kier molecular flexibility index (Phi) is 15.9. The van der Waals surface area contributed by atoms with Crippen LogP contribution in [-0.4, -0.2) is 37.7 Å². The van der Waals surface area contributed by atoms with E-state index < -0.39 is 0 Å². The largest absolute Gasteiger partial charge is 2.00 e. The van der Waals surface area contributed by atoms with E-state index in [1.165, 1.54) is 0 Å². The molecule has 0 atom stereocenters. The van der Waals surface area contributed by atoms with Gasteiger partial charge in [0, 0.05) is 0 Å². The minimum absolute atomic E-state index is 0. The molecule has 0 aromatic heterocycles. The summed E-state index contributed by atoms with van der Waals surface area (Å²) in [5.74, 6) is 0. The molecule has 0 aliphatic heterocycles. The fourth-order valence-corrected chi connectivity index (χ4v) is 0.0113. The minimum Gasteiger partial charge on any atom is -0.690 e. The zero-order chi connectivity index (χ0) is 4.12. The van der Waals surface area contributed by atoms with Crippen molar-refractivity contribution in [3.8, 4) is 0 Å². The Morgan fingerprint density at radius 3 is 1.33 bits per heavy atom. The molecule has 0 aromatic rings. The molecule has 6 heteroatoms. The Bertz CT molecular complexity index is 11.4. The van der Waals surface area contributed by atoms with Crippen LogP contribution in [0.5, 0.6) is 0 Å². The Morgan fingerprint density at radius 2 is 1.33 bits per heavy atom. The first-order valence-corrected chi connectivity index (χ1v) is 0.667. The molecule has 0 N–H and O–H groups in total. The van der Waals surface area contributed by atoms with Gasteiger partial charge in [0.15, 0.2) is 0 Å². The van der Waals surface area contributed by atoms with Gasteiger partial charge in [-0.3, -0.25) is 10.1 Å². The van der Waals surface area contributed by atoms with Crippen molar-refractivity contribution in [2.45, 2.75) is 0 Å². The van der Waals surface area contributed by atoms with E-state index in [1.807, 2.05) is 0 Å². The maximum atomic E-state index is 8.48. The Balaban J connectivity index is 0. The Morgan fingerprint density at radius 1 is 1.00 bits per heavy atom. The molecule has 0 radical (unpaired) electrons. The van der Waals surface area contributed by atoms with Crippen molar-refractivity contribution >= 4 is 37.7 Å². The smallest absolute Gasteiger partial charge is 0.690 e. The minimum atomic E-state index is 0. The molecule has 6 heavy (non-hydrogen) atoms. The maximum Gasteiger partial charge on any atom is 2.00 e. The van der Waals surface area contributed by atoms with Crippen molar-refractivity contribution in [2.24, 2.45) is 0 Å². The van der Waals surface area contributed by atoms with Crippen LogP contribution in [0.15, 0.2) is 0 Å². The van der Waals surface area contributed by atoms with Crippen molar-refractivity contribution in [2.75, 3.05) is 0 Å². The molecule has 32 valence electrons. The van der Waals surface area contributed by atoms with Gasteiger partial charge >= 0.3 is 37.7 Å². The van der Waals surface area contributed by atoms with E-state index in [0.29, 0.717) is 0 Å². The molecule has 0 heterocycles. The van der Waals surface area contributed by atoms with Crippen molar-refractivity contribution in [1.29, 1.82) is 0 Å². The summed E-state index contributed by atoms with van der Waals surface area (Å²) in [7, 11) is 0. The summed E-state index contributed by atoms with van der Waals surface area (Å²) in [6, 6.07) is 0. The molecule has 0 rings (SSSR count). The van der Waals surface area contributed by atoms with Crippen LogP contribution in [0.3, 0.4) is 0 Å². The fraction of sp³-hybridized carbons (Fsp3) is 0. The molecule has 0 unspecified atom stereocenters. The molecule has 0 aromatic carbocycles. The summed E-state index contributed by atoms with van der Waals surface area (Å²) in [6.45, 7) is 0. The van der Waals surface area contributed by atoms with Crippen LogP contribution >= 0.6 is 0 Å². The zero-order valence-electron chi connectivity index (χ0n) is 2.75. The molecule has 0 saturated heterocycles. The first-order valence-electron chi connectivity index (χ1n) is 0.667. The van der Waals surface area contributed by atoms with Crippen LogP contribution in [0, 0.1) is 0 Å². The molecular formula is CaO5. The summed E-state index contributed by atoms with van der Waals surface area (Å²) < 4.78 is 0. The van der Waals surface area contributed by atoms with E-state index in [9.17, 15) is 0 Å². The van der Waals surface area contributed by atoms with Gasteiger partial charge in [-0.25, -0.2) is 0 Å². The molecule has 0 bridgehead atoms. The van der Waals surface area contributed by atoms with Gasteiger partial charge in [0.1, 0.15) is 0 Å². The third-order valence-electron chi connectivity index (χ3n) is 0.0556. The predicted molar refractivity (Wildman–Crippen MR) is 9.01 cm³/mol. The summed E-state index contributed by atoms with van der Waals surface area (Å²) in [5, 5.41) is 24.5. The Labute approximate surface area is 63.1 Å². The summed E-state index contributed by atoms with van der Waals surface area (Å²) in [4.78, 5) is 0.